The number of aromatic nitrogens is 2. The van der Waals surface area contributed by atoms with Crippen molar-refractivity contribution in [3.05, 3.63) is 60.7 Å². The minimum atomic E-state index is -3.50. The predicted molar refractivity (Wildman–Crippen MR) is 164 cm³/mol. The summed E-state index contributed by atoms with van der Waals surface area (Å²) in [4.78, 5) is 12.0. The Labute approximate surface area is 238 Å². The number of hydrogen-bond acceptors (Lipinski definition) is 7. The van der Waals surface area contributed by atoms with Crippen molar-refractivity contribution >= 4 is 38.3 Å². The molecule has 0 spiro atoms. The summed E-state index contributed by atoms with van der Waals surface area (Å²) >= 11 is 0. The van der Waals surface area contributed by atoms with Gasteiger partial charge in [0.1, 0.15) is 5.82 Å². The fraction of sp³-hybridized carbons (Fsp3) is 0.484. The summed E-state index contributed by atoms with van der Waals surface area (Å²) in [6.45, 7) is 8.06. The number of nitrogens with zero attached hydrogens (tertiary/aromatic N) is 4. The van der Waals surface area contributed by atoms with Crippen LogP contribution in [0.4, 0.5) is 11.8 Å². The average molecular weight is 563 g/mol. The number of rotatable bonds is 10. The molecule has 5 rings (SSSR count). The van der Waals surface area contributed by atoms with E-state index in [1.165, 1.54) is 0 Å². The van der Waals surface area contributed by atoms with Crippen molar-refractivity contribution in [2.75, 3.05) is 43.9 Å². The molecule has 8 nitrogen and oxygen atoms in total. The molecule has 0 unspecified atom stereocenters. The number of sulfonamides is 1. The molecule has 0 bridgehead atoms. The molecule has 0 amide bonds. The third-order valence-electron chi connectivity index (χ3n) is 8.28. The van der Waals surface area contributed by atoms with Crippen LogP contribution in [-0.2, 0) is 10.0 Å². The molecule has 1 atom stereocenters. The van der Waals surface area contributed by atoms with Crippen LogP contribution in [0.5, 0.6) is 0 Å². The predicted octanol–water partition coefficient (Wildman–Crippen LogP) is 5.14. The number of hydrogen-bond donors (Lipinski definition) is 2. The van der Waals surface area contributed by atoms with E-state index >= 15 is 0 Å². The van der Waals surface area contributed by atoms with Crippen LogP contribution in [0.25, 0.3) is 16.5 Å². The van der Waals surface area contributed by atoms with E-state index in [1.54, 1.807) is 16.4 Å². The van der Waals surface area contributed by atoms with Gasteiger partial charge in [0.05, 0.1) is 10.4 Å². The summed E-state index contributed by atoms with van der Waals surface area (Å²) in [5, 5.41) is 8.26. The molecule has 2 heterocycles. The maximum atomic E-state index is 13.4. The zero-order valence-electron chi connectivity index (χ0n) is 23.9. The third-order valence-corrected chi connectivity index (χ3v) is 10.2. The van der Waals surface area contributed by atoms with Gasteiger partial charge in [0.25, 0.3) is 0 Å². The molecule has 40 heavy (non-hydrogen) atoms. The molecule has 9 heteroatoms. The molecule has 2 fully saturated rings. The van der Waals surface area contributed by atoms with Crippen molar-refractivity contribution in [2.24, 2.45) is 5.92 Å². The van der Waals surface area contributed by atoms with Crippen LogP contribution < -0.4 is 15.5 Å². The fourth-order valence-electron chi connectivity index (χ4n) is 5.99. The fourth-order valence-corrected chi connectivity index (χ4v) is 7.68. The highest BCUT2D eigenvalue weighted by atomic mass is 32.2. The monoisotopic (exact) mass is 562 g/mol. The van der Waals surface area contributed by atoms with E-state index in [0.29, 0.717) is 35.9 Å². The first-order chi connectivity index (χ1) is 19.2. The Hall–Kier alpha value is -3.01. The highest BCUT2D eigenvalue weighted by Gasteiger charge is 2.35. The molecular formula is C31H42N6O2S. The van der Waals surface area contributed by atoms with Gasteiger partial charge >= 0.3 is 0 Å². The molecule has 3 aromatic rings. The molecular weight excluding hydrogens is 520 g/mol. The van der Waals surface area contributed by atoms with Gasteiger partial charge in [-0.2, -0.15) is 9.29 Å². The molecule has 1 saturated heterocycles. The number of benzene rings is 2. The summed E-state index contributed by atoms with van der Waals surface area (Å²) in [5.41, 5.74) is 2.84. The summed E-state index contributed by atoms with van der Waals surface area (Å²) < 4.78 is 28.4. The smallest absolute Gasteiger partial charge is 0.243 e. The highest BCUT2D eigenvalue weighted by Crippen LogP contribution is 2.29. The molecule has 1 aromatic heterocycles. The van der Waals surface area contributed by atoms with Gasteiger partial charge in [-0.25, -0.2) is 13.4 Å². The molecule has 2 aliphatic rings. The van der Waals surface area contributed by atoms with E-state index in [4.69, 9.17) is 9.97 Å². The van der Waals surface area contributed by atoms with Crippen molar-refractivity contribution < 1.29 is 8.42 Å². The molecule has 2 N–H and O–H groups in total. The Bertz CT molecular complexity index is 1430. The number of nitrogens with one attached hydrogen (secondary N) is 2. The highest BCUT2D eigenvalue weighted by molar-refractivity contribution is 7.89. The van der Waals surface area contributed by atoms with Crippen LogP contribution in [-0.4, -0.2) is 68.5 Å². The molecule has 2 aromatic carbocycles. The molecule has 1 saturated carbocycles. The SMILES string of the molecule is C=C(C)c1ccc(S(=O)(=O)N2CCC[C@H]2CNC[C@H]2CC[C@@H](Nc3nc(N(C)C)c4ccccc4n3)CC2)cc1. The lowest BCUT2D eigenvalue weighted by molar-refractivity contribution is 0.308. The molecule has 1 aliphatic heterocycles. The minimum Gasteiger partial charge on any atom is -0.362 e. The van der Waals surface area contributed by atoms with Crippen LogP contribution in [0.15, 0.2) is 60.0 Å². The Kier molecular flexibility index (Phi) is 8.73. The second kappa shape index (κ2) is 12.2. The van der Waals surface area contributed by atoms with Crippen LogP contribution in [0.3, 0.4) is 0 Å². The van der Waals surface area contributed by atoms with Crippen LogP contribution >= 0.6 is 0 Å². The van der Waals surface area contributed by atoms with E-state index in [2.05, 4.69) is 23.3 Å². The molecule has 214 valence electrons. The van der Waals surface area contributed by atoms with E-state index in [9.17, 15) is 8.42 Å². The van der Waals surface area contributed by atoms with Gasteiger partial charge in [0.15, 0.2) is 0 Å². The second-order valence-corrected chi connectivity index (χ2v) is 13.4. The van der Waals surface area contributed by atoms with E-state index in [1.807, 2.05) is 56.3 Å². The van der Waals surface area contributed by atoms with Gasteiger partial charge in [-0.1, -0.05) is 36.4 Å². The Morgan fingerprint density at radius 2 is 1.73 bits per heavy atom. The lowest BCUT2D eigenvalue weighted by Crippen LogP contribution is -2.43. The van der Waals surface area contributed by atoms with Crippen LogP contribution in [0, 0.1) is 5.92 Å². The minimum absolute atomic E-state index is 0.000215. The van der Waals surface area contributed by atoms with E-state index in [0.717, 1.165) is 72.9 Å². The first-order valence-electron chi connectivity index (χ1n) is 14.4. The number of para-hydroxylation sites is 1. The van der Waals surface area contributed by atoms with Crippen LogP contribution in [0.2, 0.25) is 0 Å². The third kappa shape index (κ3) is 6.32. The van der Waals surface area contributed by atoms with Crippen molar-refractivity contribution in [3.8, 4) is 0 Å². The van der Waals surface area contributed by atoms with Crippen molar-refractivity contribution in [2.45, 2.75) is 62.4 Å². The first-order valence-corrected chi connectivity index (χ1v) is 15.9. The van der Waals surface area contributed by atoms with E-state index in [-0.39, 0.29) is 6.04 Å². The lowest BCUT2D eigenvalue weighted by Gasteiger charge is -2.30. The lowest BCUT2D eigenvalue weighted by atomic mass is 9.86. The zero-order valence-corrected chi connectivity index (χ0v) is 24.8. The van der Waals surface area contributed by atoms with Crippen molar-refractivity contribution in [3.63, 3.8) is 0 Å². The quantitative estimate of drug-likeness (QED) is 0.354. The van der Waals surface area contributed by atoms with Gasteiger partial charge in [-0.15, -0.1) is 0 Å². The van der Waals surface area contributed by atoms with Gasteiger partial charge in [-0.05, 0) is 87.7 Å². The summed E-state index contributed by atoms with van der Waals surface area (Å²) in [7, 11) is 0.520. The second-order valence-electron chi connectivity index (χ2n) is 11.5. The number of fused-ring (bicyclic) bond motifs is 1. The average Bonchev–Trinajstić information content (AvgIpc) is 3.43. The molecule has 0 radical (unpaired) electrons. The molecule has 1 aliphatic carbocycles. The maximum absolute atomic E-state index is 13.4. The number of anilines is 2. The van der Waals surface area contributed by atoms with Crippen LogP contribution in [0.1, 0.15) is 51.0 Å². The normalized spacial score (nSPS) is 21.9. The first kappa shape index (κ1) is 28.5. The summed E-state index contributed by atoms with van der Waals surface area (Å²) in [6.07, 6.45) is 6.20. The van der Waals surface area contributed by atoms with E-state index < -0.39 is 10.0 Å². The number of allylic oxidation sites excluding steroid dienone is 1. The Balaban J connectivity index is 1.11. The van der Waals surface area contributed by atoms with Gasteiger partial charge < -0.3 is 15.5 Å². The maximum Gasteiger partial charge on any atom is 0.243 e. The van der Waals surface area contributed by atoms with Crippen molar-refractivity contribution in [1.29, 1.82) is 0 Å². The van der Waals surface area contributed by atoms with Gasteiger partial charge in [0, 0.05) is 44.7 Å². The Morgan fingerprint density at radius 1 is 1.00 bits per heavy atom. The zero-order chi connectivity index (χ0) is 28.3. The summed E-state index contributed by atoms with van der Waals surface area (Å²) in [5.74, 6) is 2.22. The largest absolute Gasteiger partial charge is 0.362 e. The Morgan fingerprint density at radius 3 is 2.42 bits per heavy atom. The van der Waals surface area contributed by atoms with Gasteiger partial charge in [-0.3, -0.25) is 0 Å². The topological polar surface area (TPSA) is 90.5 Å². The standard InChI is InChI=1S/C31H42N6O2S/c1-22(2)24-13-17-27(18-14-24)40(38,39)37-19-7-8-26(37)21-32-20-23-11-15-25(16-12-23)33-31-34-29-10-6-5-9-28(29)30(35-31)36(3)4/h5-6,9-10,13-14,17-18,23,25-26,32H,1,7-8,11-12,15-16,19-21H2,2-4H3,(H,33,34,35)/t23-,25+,26-/m0/s1. The van der Waals surface area contributed by atoms with Crippen molar-refractivity contribution in [1.82, 2.24) is 19.6 Å². The van der Waals surface area contributed by atoms with Gasteiger partial charge in [0.2, 0.25) is 16.0 Å². The summed E-state index contributed by atoms with van der Waals surface area (Å²) in [6, 6.07) is 15.6.